The number of carbonyl (C=O) groups is 2. The molecule has 0 aliphatic carbocycles. The van der Waals surface area contributed by atoms with Gasteiger partial charge in [-0.3, -0.25) is 9.59 Å². The molecule has 106 valence electrons. The molecule has 0 heterocycles. The lowest BCUT2D eigenvalue weighted by atomic mass is 10.0. The van der Waals surface area contributed by atoms with Crippen LogP contribution in [0.15, 0.2) is 0 Å². The molecule has 18 heavy (non-hydrogen) atoms. The van der Waals surface area contributed by atoms with Crippen LogP contribution >= 0.6 is 0 Å². The fourth-order valence-corrected chi connectivity index (χ4v) is 1.07. The topological polar surface area (TPSA) is 150 Å². The molecule has 8 nitrogen and oxygen atoms in total. The lowest BCUT2D eigenvalue weighted by Crippen LogP contribution is -2.49. The summed E-state index contributed by atoms with van der Waals surface area (Å²) in [5.74, 6) is -1.10. The summed E-state index contributed by atoms with van der Waals surface area (Å²) in [6.07, 6.45) is -7.52. The van der Waals surface area contributed by atoms with Crippen molar-refractivity contribution < 1.29 is 34.8 Å². The zero-order valence-electron chi connectivity index (χ0n) is 10.1. The van der Waals surface area contributed by atoms with Crippen molar-refractivity contribution in [3.05, 3.63) is 0 Å². The fourth-order valence-electron chi connectivity index (χ4n) is 1.07. The second-order valence-electron chi connectivity index (χ2n) is 4.03. The molecular formula is C10H19NO7. The predicted octanol–water partition coefficient (Wildman–Crippen LogP) is -3.09. The van der Waals surface area contributed by atoms with Crippen LogP contribution in [-0.4, -0.2) is 69.2 Å². The maximum absolute atomic E-state index is 11.3. The summed E-state index contributed by atoms with van der Waals surface area (Å²) in [5, 5.41) is 36.9. The standard InChI is InChI=1S/C10H19NO7/c1-4(13)7(11)10(17)18-6(3-12)9(16)8(15)5(2)14/h3-9,13-16H,11H2,1-2H3/t4-,5-,6+,7+,8+,9-/m1/s1. The van der Waals surface area contributed by atoms with Crippen LogP contribution in [0.4, 0.5) is 0 Å². The van der Waals surface area contributed by atoms with Gasteiger partial charge < -0.3 is 30.9 Å². The van der Waals surface area contributed by atoms with E-state index in [1.807, 2.05) is 0 Å². The van der Waals surface area contributed by atoms with Gasteiger partial charge in [0.1, 0.15) is 18.2 Å². The summed E-state index contributed by atoms with van der Waals surface area (Å²) in [4.78, 5) is 22.0. The normalized spacial score (nSPS) is 21.3. The zero-order valence-corrected chi connectivity index (χ0v) is 10.1. The van der Waals surface area contributed by atoms with E-state index in [9.17, 15) is 19.8 Å². The maximum Gasteiger partial charge on any atom is 0.326 e. The molecule has 6 N–H and O–H groups in total. The summed E-state index contributed by atoms with van der Waals surface area (Å²) >= 11 is 0. The van der Waals surface area contributed by atoms with Gasteiger partial charge in [-0.2, -0.15) is 0 Å². The van der Waals surface area contributed by atoms with Gasteiger partial charge in [-0.25, -0.2) is 0 Å². The second kappa shape index (κ2) is 7.39. The van der Waals surface area contributed by atoms with E-state index in [0.29, 0.717) is 0 Å². The Bertz CT molecular complexity index is 281. The molecule has 0 aliphatic heterocycles. The molecule has 0 aromatic carbocycles. The van der Waals surface area contributed by atoms with Crippen molar-refractivity contribution in [1.82, 2.24) is 0 Å². The van der Waals surface area contributed by atoms with E-state index in [2.05, 4.69) is 4.74 Å². The molecule has 0 rings (SSSR count). The van der Waals surface area contributed by atoms with E-state index in [1.165, 1.54) is 13.8 Å². The molecule has 0 fully saturated rings. The Kier molecular flexibility index (Phi) is 6.96. The third-order valence-corrected chi connectivity index (χ3v) is 2.36. The number of hydrogen-bond acceptors (Lipinski definition) is 8. The first kappa shape index (κ1) is 16.9. The van der Waals surface area contributed by atoms with Crippen LogP contribution in [0.2, 0.25) is 0 Å². The van der Waals surface area contributed by atoms with Gasteiger partial charge in [-0.1, -0.05) is 0 Å². The summed E-state index contributed by atoms with van der Waals surface area (Å²) < 4.78 is 4.54. The van der Waals surface area contributed by atoms with Crippen molar-refractivity contribution in [2.75, 3.05) is 0 Å². The molecule has 0 unspecified atom stereocenters. The highest BCUT2D eigenvalue weighted by Gasteiger charge is 2.33. The fraction of sp³-hybridized carbons (Fsp3) is 0.800. The number of aliphatic hydroxyl groups excluding tert-OH is 4. The maximum atomic E-state index is 11.3. The van der Waals surface area contributed by atoms with Gasteiger partial charge in [0, 0.05) is 0 Å². The van der Waals surface area contributed by atoms with Crippen LogP contribution in [0.5, 0.6) is 0 Å². The van der Waals surface area contributed by atoms with Gasteiger partial charge in [0.15, 0.2) is 12.4 Å². The third kappa shape index (κ3) is 4.67. The van der Waals surface area contributed by atoms with E-state index in [0.717, 1.165) is 0 Å². The molecule has 0 aromatic heterocycles. The Morgan fingerprint density at radius 1 is 1.11 bits per heavy atom. The van der Waals surface area contributed by atoms with Gasteiger partial charge in [0.2, 0.25) is 0 Å². The molecule has 0 aromatic rings. The Hall–Kier alpha value is -1.06. The molecule has 6 atom stereocenters. The Balaban J connectivity index is 4.61. The van der Waals surface area contributed by atoms with Crippen molar-refractivity contribution in [1.29, 1.82) is 0 Å². The molecular weight excluding hydrogens is 246 g/mol. The van der Waals surface area contributed by atoms with Gasteiger partial charge in [-0.15, -0.1) is 0 Å². The highest BCUT2D eigenvalue weighted by molar-refractivity contribution is 5.78. The van der Waals surface area contributed by atoms with Crippen molar-refractivity contribution >= 4 is 12.3 Å². The third-order valence-electron chi connectivity index (χ3n) is 2.36. The number of aliphatic hydroxyl groups is 4. The number of hydrogen-bond donors (Lipinski definition) is 5. The van der Waals surface area contributed by atoms with Crippen molar-refractivity contribution in [2.45, 2.75) is 50.4 Å². The van der Waals surface area contributed by atoms with E-state index >= 15 is 0 Å². The number of ether oxygens (including phenoxy) is 1. The Labute approximate surface area is 104 Å². The van der Waals surface area contributed by atoms with Gasteiger partial charge >= 0.3 is 5.97 Å². The van der Waals surface area contributed by atoms with Gasteiger partial charge in [-0.05, 0) is 13.8 Å². The summed E-state index contributed by atoms with van der Waals surface area (Å²) in [6, 6.07) is -1.37. The lowest BCUT2D eigenvalue weighted by Gasteiger charge is -2.25. The van der Waals surface area contributed by atoms with E-state index in [1.54, 1.807) is 0 Å². The first-order chi connectivity index (χ1) is 8.22. The van der Waals surface area contributed by atoms with Crippen molar-refractivity contribution in [3.63, 3.8) is 0 Å². The number of nitrogens with two attached hydrogens (primary N) is 1. The summed E-state index contributed by atoms with van der Waals surface area (Å²) in [6.45, 7) is 2.45. The molecule has 0 bridgehead atoms. The average molecular weight is 265 g/mol. The number of esters is 1. The smallest absolute Gasteiger partial charge is 0.326 e. The molecule has 8 heteroatoms. The second-order valence-corrected chi connectivity index (χ2v) is 4.03. The van der Waals surface area contributed by atoms with Crippen LogP contribution in [0, 0.1) is 0 Å². The minimum atomic E-state index is -1.78. The zero-order chi connectivity index (χ0) is 14.5. The molecule has 0 aliphatic rings. The van der Waals surface area contributed by atoms with Gasteiger partial charge in [0.05, 0.1) is 12.2 Å². The largest absolute Gasteiger partial charge is 0.451 e. The average Bonchev–Trinajstić information content (AvgIpc) is 2.32. The minimum absolute atomic E-state index is 0.100. The van der Waals surface area contributed by atoms with Crippen molar-refractivity contribution in [3.8, 4) is 0 Å². The van der Waals surface area contributed by atoms with E-state index in [-0.39, 0.29) is 6.29 Å². The number of aldehydes is 1. The lowest BCUT2D eigenvalue weighted by molar-refractivity contribution is -0.169. The highest BCUT2D eigenvalue weighted by atomic mass is 16.6. The monoisotopic (exact) mass is 265 g/mol. The van der Waals surface area contributed by atoms with Crippen LogP contribution in [0.1, 0.15) is 13.8 Å². The number of rotatable bonds is 7. The summed E-state index contributed by atoms with van der Waals surface area (Å²) in [5.41, 5.74) is 5.27. The Morgan fingerprint density at radius 3 is 1.94 bits per heavy atom. The SMILES string of the molecule is C[C@@H](O)[C@H](O)[C@H](O)[C@H](C=O)OC(=O)[C@@H](N)[C@@H](C)O. The molecule has 0 amide bonds. The molecule has 0 saturated carbocycles. The summed E-state index contributed by atoms with van der Waals surface area (Å²) in [7, 11) is 0. The van der Waals surface area contributed by atoms with E-state index < -0.39 is 42.5 Å². The first-order valence-electron chi connectivity index (χ1n) is 5.36. The molecule has 0 saturated heterocycles. The molecule has 0 spiro atoms. The predicted molar refractivity (Wildman–Crippen MR) is 59.3 cm³/mol. The van der Waals surface area contributed by atoms with Gasteiger partial charge in [0.25, 0.3) is 0 Å². The minimum Gasteiger partial charge on any atom is -0.451 e. The van der Waals surface area contributed by atoms with Crippen LogP contribution in [0.3, 0.4) is 0 Å². The first-order valence-corrected chi connectivity index (χ1v) is 5.36. The van der Waals surface area contributed by atoms with Crippen molar-refractivity contribution in [2.24, 2.45) is 5.73 Å². The Morgan fingerprint density at radius 2 is 1.61 bits per heavy atom. The number of carbonyl (C=O) groups excluding carboxylic acids is 2. The van der Waals surface area contributed by atoms with Crippen LogP contribution < -0.4 is 5.73 Å². The molecule has 0 radical (unpaired) electrons. The quantitative estimate of drug-likeness (QED) is 0.240. The van der Waals surface area contributed by atoms with Crippen LogP contribution in [0.25, 0.3) is 0 Å². The van der Waals surface area contributed by atoms with Crippen LogP contribution in [-0.2, 0) is 14.3 Å². The highest BCUT2D eigenvalue weighted by Crippen LogP contribution is 2.08. The van der Waals surface area contributed by atoms with E-state index in [4.69, 9.17) is 15.9 Å².